The Morgan fingerprint density at radius 3 is 2.21 bits per heavy atom. The predicted molar refractivity (Wildman–Crippen MR) is 65.3 cm³/mol. The van der Waals surface area contributed by atoms with Gasteiger partial charge < -0.3 is 4.90 Å². The second kappa shape index (κ2) is 4.37. The molecule has 3 heteroatoms. The number of rotatable bonds is 2. The van der Waals surface area contributed by atoms with Gasteiger partial charge in [0.1, 0.15) is 0 Å². The van der Waals surface area contributed by atoms with Crippen molar-refractivity contribution in [1.29, 1.82) is 0 Å². The quantitative estimate of drug-likeness (QED) is 0.698. The van der Waals surface area contributed by atoms with Gasteiger partial charge in [-0.05, 0) is 17.5 Å². The van der Waals surface area contributed by atoms with Crippen LogP contribution in [0.1, 0.15) is 25.3 Å². The van der Waals surface area contributed by atoms with Gasteiger partial charge in [0.05, 0.1) is 21.0 Å². The van der Waals surface area contributed by atoms with Gasteiger partial charge in [-0.3, -0.25) is 0 Å². The van der Waals surface area contributed by atoms with Crippen molar-refractivity contribution in [3.05, 3.63) is 22.7 Å². The molecule has 1 aromatic rings. The molecule has 3 radical (unpaired) electrons. The third kappa shape index (κ3) is 2.12. The predicted octanol–water partition coefficient (Wildman–Crippen LogP) is 2.32. The Hall–Kier alpha value is -0.473. The zero-order valence-electron chi connectivity index (χ0n) is 9.06. The maximum atomic E-state index is 6.18. The van der Waals surface area contributed by atoms with Crippen LogP contribution < -0.4 is 10.1 Å². The highest BCUT2D eigenvalue weighted by atomic mass is 35.5. The lowest BCUT2D eigenvalue weighted by Gasteiger charge is -2.23. The first-order valence-electron chi connectivity index (χ1n) is 4.66. The fraction of sp³-hybridized carbons (Fsp3) is 0.455. The largest absolute Gasteiger partial charge is 0.376 e. The van der Waals surface area contributed by atoms with Gasteiger partial charge in [-0.2, -0.15) is 0 Å². The zero-order chi connectivity index (χ0) is 10.9. The maximum Gasteiger partial charge on any atom is 0.0716 e. The van der Waals surface area contributed by atoms with Gasteiger partial charge in [0, 0.05) is 14.1 Å². The van der Waals surface area contributed by atoms with E-state index in [0.29, 0.717) is 5.92 Å². The molecule has 14 heavy (non-hydrogen) atoms. The third-order valence-corrected chi connectivity index (χ3v) is 2.93. The molecule has 0 aromatic heterocycles. The molecule has 0 bridgehead atoms. The SMILES string of the molecule is CC(C)c1c([Si])ccc(Cl)c1N(C)C. The number of hydrogen-bond donors (Lipinski definition) is 0. The summed E-state index contributed by atoms with van der Waals surface area (Å²) in [4.78, 5) is 2.06. The van der Waals surface area contributed by atoms with Crippen molar-refractivity contribution in [1.82, 2.24) is 0 Å². The smallest absolute Gasteiger partial charge is 0.0716 e. The van der Waals surface area contributed by atoms with Crippen molar-refractivity contribution in [2.75, 3.05) is 19.0 Å². The van der Waals surface area contributed by atoms with Crippen molar-refractivity contribution < 1.29 is 0 Å². The Labute approximate surface area is 94.5 Å². The number of anilines is 1. The first-order chi connectivity index (χ1) is 6.45. The van der Waals surface area contributed by atoms with Gasteiger partial charge in [-0.1, -0.05) is 36.7 Å². The molecule has 0 saturated heterocycles. The molecule has 0 unspecified atom stereocenters. The summed E-state index contributed by atoms with van der Waals surface area (Å²) in [6.07, 6.45) is 0. The van der Waals surface area contributed by atoms with Gasteiger partial charge in [-0.25, -0.2) is 0 Å². The van der Waals surface area contributed by atoms with Crippen LogP contribution in [0.4, 0.5) is 5.69 Å². The van der Waals surface area contributed by atoms with Gasteiger partial charge >= 0.3 is 0 Å². The molecule has 0 aliphatic heterocycles. The number of benzene rings is 1. The fourth-order valence-corrected chi connectivity index (χ4v) is 2.44. The highest BCUT2D eigenvalue weighted by molar-refractivity contribution is 6.37. The molecular formula is C11H15ClNSi. The molecule has 1 rings (SSSR count). The maximum absolute atomic E-state index is 6.18. The molecular weight excluding hydrogens is 210 g/mol. The van der Waals surface area contributed by atoms with E-state index in [9.17, 15) is 0 Å². The summed E-state index contributed by atoms with van der Waals surface area (Å²) in [5.74, 6) is 0.457. The molecule has 1 aromatic carbocycles. The highest BCUT2D eigenvalue weighted by Crippen LogP contribution is 2.31. The van der Waals surface area contributed by atoms with E-state index >= 15 is 0 Å². The van der Waals surface area contributed by atoms with Gasteiger partial charge in [-0.15, -0.1) is 0 Å². The summed E-state index contributed by atoms with van der Waals surface area (Å²) in [6.45, 7) is 4.34. The van der Waals surface area contributed by atoms with Crippen LogP contribution in [0.15, 0.2) is 12.1 Å². The lowest BCUT2D eigenvalue weighted by molar-refractivity contribution is 0.865. The van der Waals surface area contributed by atoms with Gasteiger partial charge in [0.15, 0.2) is 0 Å². The van der Waals surface area contributed by atoms with Crippen molar-refractivity contribution >= 4 is 32.7 Å². The van der Waals surface area contributed by atoms with Crippen molar-refractivity contribution in [2.24, 2.45) is 0 Å². The van der Waals surface area contributed by atoms with Crippen LogP contribution in [0.5, 0.6) is 0 Å². The number of halogens is 1. The topological polar surface area (TPSA) is 3.24 Å². The van der Waals surface area contributed by atoms with Crippen LogP contribution in [-0.2, 0) is 0 Å². The molecule has 1 nitrogen and oxygen atoms in total. The van der Waals surface area contributed by atoms with Gasteiger partial charge in [0.2, 0.25) is 0 Å². The molecule has 0 aliphatic carbocycles. The summed E-state index contributed by atoms with van der Waals surface area (Å²) < 4.78 is 0. The van der Waals surface area contributed by atoms with E-state index in [1.165, 1.54) is 5.56 Å². The van der Waals surface area contributed by atoms with E-state index in [1.807, 2.05) is 26.2 Å². The van der Waals surface area contributed by atoms with Crippen LogP contribution in [0.2, 0.25) is 5.02 Å². The highest BCUT2D eigenvalue weighted by Gasteiger charge is 2.14. The molecule has 0 spiro atoms. The minimum absolute atomic E-state index is 0.457. The summed E-state index contributed by atoms with van der Waals surface area (Å²) in [7, 11) is 7.64. The van der Waals surface area contributed by atoms with E-state index in [0.717, 1.165) is 15.9 Å². The zero-order valence-corrected chi connectivity index (χ0v) is 10.8. The molecule has 0 saturated carbocycles. The first kappa shape index (κ1) is 11.6. The van der Waals surface area contributed by atoms with Crippen LogP contribution in [-0.4, -0.2) is 24.3 Å². The van der Waals surface area contributed by atoms with Gasteiger partial charge in [0.25, 0.3) is 0 Å². The van der Waals surface area contributed by atoms with Crippen LogP contribution in [0, 0.1) is 0 Å². The minimum Gasteiger partial charge on any atom is -0.376 e. The molecule has 75 valence electrons. The normalized spacial score (nSPS) is 10.8. The Morgan fingerprint density at radius 1 is 1.29 bits per heavy atom. The van der Waals surface area contributed by atoms with E-state index in [-0.39, 0.29) is 0 Å². The Balaban J connectivity index is 3.42. The lowest BCUT2D eigenvalue weighted by atomic mass is 10.0. The van der Waals surface area contributed by atoms with E-state index < -0.39 is 0 Å². The minimum atomic E-state index is 0.457. The first-order valence-corrected chi connectivity index (χ1v) is 5.54. The standard InChI is InChI=1S/C11H15ClNSi/c1-7(2)10-9(14)6-5-8(12)11(10)13(3)4/h5-7H,1-4H3. The fourth-order valence-electron chi connectivity index (χ4n) is 1.62. The monoisotopic (exact) mass is 224 g/mol. The van der Waals surface area contributed by atoms with Crippen LogP contribution >= 0.6 is 11.6 Å². The molecule has 0 fully saturated rings. The average Bonchev–Trinajstić information content (AvgIpc) is 2.07. The summed E-state index contributed by atoms with van der Waals surface area (Å²) in [5.41, 5.74) is 2.37. The average molecular weight is 225 g/mol. The third-order valence-electron chi connectivity index (χ3n) is 2.19. The number of hydrogen-bond acceptors (Lipinski definition) is 1. The molecule has 0 amide bonds. The Morgan fingerprint density at radius 2 is 1.86 bits per heavy atom. The molecule has 0 heterocycles. The Bertz CT molecular complexity index is 301. The van der Waals surface area contributed by atoms with E-state index in [2.05, 4.69) is 29.0 Å². The van der Waals surface area contributed by atoms with Crippen LogP contribution in [0.25, 0.3) is 0 Å². The van der Waals surface area contributed by atoms with Crippen LogP contribution in [0.3, 0.4) is 0 Å². The molecule has 0 atom stereocenters. The summed E-state index contributed by atoms with van der Waals surface area (Å²) in [6, 6.07) is 3.92. The number of nitrogens with zero attached hydrogens (tertiary/aromatic N) is 1. The lowest BCUT2D eigenvalue weighted by Crippen LogP contribution is -2.20. The van der Waals surface area contributed by atoms with Crippen molar-refractivity contribution in [3.8, 4) is 0 Å². The van der Waals surface area contributed by atoms with E-state index in [4.69, 9.17) is 11.6 Å². The van der Waals surface area contributed by atoms with Crippen molar-refractivity contribution in [2.45, 2.75) is 19.8 Å². The molecule has 0 N–H and O–H groups in total. The van der Waals surface area contributed by atoms with E-state index in [1.54, 1.807) is 0 Å². The second-order valence-electron chi connectivity index (χ2n) is 3.91. The Kier molecular flexibility index (Phi) is 3.62. The second-order valence-corrected chi connectivity index (χ2v) is 4.85. The summed E-state index contributed by atoms with van der Waals surface area (Å²) in [5, 5.41) is 1.92. The molecule has 0 aliphatic rings. The summed E-state index contributed by atoms with van der Waals surface area (Å²) >= 11 is 6.18. The van der Waals surface area contributed by atoms with Crippen molar-refractivity contribution in [3.63, 3.8) is 0 Å².